The number of carbonyl (C=O) groups is 1. The lowest BCUT2D eigenvalue weighted by molar-refractivity contribution is 0.0699. The topological polar surface area (TPSA) is 81.4 Å². The summed E-state index contributed by atoms with van der Waals surface area (Å²) in [5, 5.41) is 11.1. The minimum absolute atomic E-state index is 0.00180. The predicted molar refractivity (Wildman–Crippen MR) is 122 cm³/mol. The van der Waals surface area contributed by atoms with Crippen molar-refractivity contribution in [1.82, 2.24) is 9.55 Å². The molecule has 0 spiro atoms. The maximum Gasteiger partial charge on any atom is 0.337 e. The summed E-state index contributed by atoms with van der Waals surface area (Å²) in [5.41, 5.74) is 2.65. The molecule has 0 aliphatic heterocycles. The van der Waals surface area contributed by atoms with Crippen LogP contribution >= 0.6 is 11.3 Å². The summed E-state index contributed by atoms with van der Waals surface area (Å²) in [6.45, 7) is 4.78. The van der Waals surface area contributed by atoms with Gasteiger partial charge >= 0.3 is 5.97 Å². The average Bonchev–Trinajstić information content (AvgIpc) is 3.17. The first kappa shape index (κ1) is 20.8. The van der Waals surface area contributed by atoms with Crippen LogP contribution in [0.5, 0.6) is 5.75 Å². The molecule has 0 radical (unpaired) electrons. The number of hydrogen-bond donors (Lipinski definition) is 1. The van der Waals surface area contributed by atoms with Gasteiger partial charge in [-0.05, 0) is 44.0 Å². The maximum absolute atomic E-state index is 13.3. The fourth-order valence-corrected chi connectivity index (χ4v) is 4.41. The molecule has 2 aromatic carbocycles. The Balaban J connectivity index is 1.69. The zero-order valence-corrected chi connectivity index (χ0v) is 18.1. The SMILES string of the molecule is Cc1cccc(OCCCn2c(-c3cccc(C)c3)nc3scc(C(=O)O)c3c2=O)c1. The van der Waals surface area contributed by atoms with Crippen molar-refractivity contribution in [2.75, 3.05) is 6.61 Å². The molecule has 7 heteroatoms. The lowest BCUT2D eigenvalue weighted by Crippen LogP contribution is -2.25. The van der Waals surface area contributed by atoms with E-state index in [2.05, 4.69) is 4.98 Å². The summed E-state index contributed by atoms with van der Waals surface area (Å²) in [4.78, 5) is 30.0. The number of rotatable bonds is 7. The first-order valence-corrected chi connectivity index (χ1v) is 10.8. The minimum Gasteiger partial charge on any atom is -0.494 e. The Kier molecular flexibility index (Phi) is 5.86. The van der Waals surface area contributed by atoms with Gasteiger partial charge in [0.15, 0.2) is 0 Å². The predicted octanol–water partition coefficient (Wildman–Crippen LogP) is 4.91. The molecule has 0 fully saturated rings. The van der Waals surface area contributed by atoms with Gasteiger partial charge in [0.05, 0.1) is 17.6 Å². The summed E-state index contributed by atoms with van der Waals surface area (Å²) >= 11 is 1.18. The van der Waals surface area contributed by atoms with Crippen LogP contribution in [0.4, 0.5) is 0 Å². The third kappa shape index (κ3) is 4.36. The van der Waals surface area contributed by atoms with Crippen molar-refractivity contribution >= 4 is 27.5 Å². The number of benzene rings is 2. The van der Waals surface area contributed by atoms with Gasteiger partial charge in [0.1, 0.15) is 16.4 Å². The third-order valence-corrected chi connectivity index (χ3v) is 5.86. The zero-order chi connectivity index (χ0) is 22.0. The normalized spacial score (nSPS) is 11.0. The minimum atomic E-state index is -1.12. The maximum atomic E-state index is 13.3. The van der Waals surface area contributed by atoms with E-state index in [-0.39, 0.29) is 16.5 Å². The number of thiophene rings is 1. The Hall–Kier alpha value is -3.45. The van der Waals surface area contributed by atoms with Crippen LogP contribution in [0.3, 0.4) is 0 Å². The first-order chi connectivity index (χ1) is 14.9. The molecule has 0 unspecified atom stereocenters. The van der Waals surface area contributed by atoms with E-state index in [9.17, 15) is 14.7 Å². The van der Waals surface area contributed by atoms with Crippen molar-refractivity contribution in [3.05, 3.63) is 81.0 Å². The number of carboxylic acid groups (broad SMARTS) is 1. The lowest BCUT2D eigenvalue weighted by atomic mass is 10.1. The van der Waals surface area contributed by atoms with E-state index in [4.69, 9.17) is 4.74 Å². The van der Waals surface area contributed by atoms with Gasteiger partial charge in [-0.3, -0.25) is 9.36 Å². The molecule has 6 nitrogen and oxygen atoms in total. The molecule has 0 aliphatic rings. The number of aromatic carboxylic acids is 1. The Labute approximate surface area is 183 Å². The van der Waals surface area contributed by atoms with Gasteiger partial charge in [-0.1, -0.05) is 35.9 Å². The Morgan fingerprint density at radius 3 is 2.58 bits per heavy atom. The smallest absolute Gasteiger partial charge is 0.337 e. The van der Waals surface area contributed by atoms with Crippen LogP contribution < -0.4 is 10.3 Å². The number of aryl methyl sites for hydroxylation is 2. The molecular weight excluding hydrogens is 412 g/mol. The van der Waals surface area contributed by atoms with Crippen molar-refractivity contribution < 1.29 is 14.6 Å². The van der Waals surface area contributed by atoms with Crippen LogP contribution in [0.25, 0.3) is 21.6 Å². The highest BCUT2D eigenvalue weighted by Gasteiger charge is 2.20. The van der Waals surface area contributed by atoms with Crippen molar-refractivity contribution in [3.63, 3.8) is 0 Å². The van der Waals surface area contributed by atoms with E-state index in [0.29, 0.717) is 30.2 Å². The van der Waals surface area contributed by atoms with Crippen LogP contribution in [0.15, 0.2) is 58.7 Å². The van der Waals surface area contributed by atoms with Gasteiger partial charge in [-0.15, -0.1) is 11.3 Å². The second kappa shape index (κ2) is 8.73. The second-order valence-corrected chi connectivity index (χ2v) is 8.27. The number of nitrogens with zero attached hydrogens (tertiary/aromatic N) is 2. The Bertz CT molecular complexity index is 1320. The molecule has 0 amide bonds. The molecule has 158 valence electrons. The van der Waals surface area contributed by atoms with Gasteiger partial charge in [0.25, 0.3) is 5.56 Å². The molecule has 0 saturated carbocycles. The highest BCUT2D eigenvalue weighted by Crippen LogP contribution is 2.26. The number of carboxylic acids is 1. The van der Waals surface area contributed by atoms with Gasteiger partial charge in [-0.2, -0.15) is 0 Å². The fraction of sp³-hybridized carbons (Fsp3) is 0.208. The molecule has 2 heterocycles. The number of fused-ring (bicyclic) bond motifs is 1. The summed E-state index contributed by atoms with van der Waals surface area (Å²) in [7, 11) is 0. The summed E-state index contributed by atoms with van der Waals surface area (Å²) in [6.07, 6.45) is 0.576. The fourth-order valence-electron chi connectivity index (χ4n) is 3.51. The second-order valence-electron chi connectivity index (χ2n) is 7.41. The van der Waals surface area contributed by atoms with Crippen molar-refractivity contribution in [3.8, 4) is 17.1 Å². The first-order valence-electron chi connectivity index (χ1n) is 9.96. The van der Waals surface area contributed by atoms with E-state index in [1.165, 1.54) is 16.7 Å². The standard InChI is InChI=1S/C24H22N2O4S/c1-15-6-3-8-17(12-15)21-25-22-20(19(14-31-22)24(28)29)23(27)26(21)10-5-11-30-18-9-4-7-16(2)13-18/h3-4,6-9,12-14H,5,10-11H2,1-2H3,(H,28,29). The lowest BCUT2D eigenvalue weighted by Gasteiger charge is -2.14. The molecule has 2 aromatic heterocycles. The van der Waals surface area contributed by atoms with Crippen molar-refractivity contribution in [1.29, 1.82) is 0 Å². The van der Waals surface area contributed by atoms with Gasteiger partial charge < -0.3 is 9.84 Å². The van der Waals surface area contributed by atoms with Crippen LogP contribution in [0.1, 0.15) is 27.9 Å². The van der Waals surface area contributed by atoms with Crippen molar-refractivity contribution in [2.24, 2.45) is 0 Å². The average molecular weight is 435 g/mol. The van der Waals surface area contributed by atoms with E-state index < -0.39 is 5.97 Å². The van der Waals surface area contributed by atoms with Crippen molar-refractivity contribution in [2.45, 2.75) is 26.8 Å². The van der Waals surface area contributed by atoms with Gasteiger partial charge in [-0.25, -0.2) is 9.78 Å². The van der Waals surface area contributed by atoms with Gasteiger partial charge in [0, 0.05) is 17.5 Å². The third-order valence-electron chi connectivity index (χ3n) is 4.98. The van der Waals surface area contributed by atoms with Crippen LogP contribution in [0, 0.1) is 13.8 Å². The van der Waals surface area contributed by atoms with E-state index in [0.717, 1.165) is 22.4 Å². The zero-order valence-electron chi connectivity index (χ0n) is 17.3. The summed E-state index contributed by atoms with van der Waals surface area (Å²) in [5.74, 6) is 0.198. The molecule has 0 atom stereocenters. The molecule has 1 N–H and O–H groups in total. The van der Waals surface area contributed by atoms with Gasteiger partial charge in [0.2, 0.25) is 0 Å². The molecule has 31 heavy (non-hydrogen) atoms. The highest BCUT2D eigenvalue weighted by molar-refractivity contribution is 7.17. The van der Waals surface area contributed by atoms with E-state index >= 15 is 0 Å². The summed E-state index contributed by atoms with van der Waals surface area (Å²) in [6, 6.07) is 15.6. The Morgan fingerprint density at radius 1 is 1.13 bits per heavy atom. The molecule has 0 saturated heterocycles. The quantitative estimate of drug-likeness (QED) is 0.418. The number of ether oxygens (including phenoxy) is 1. The molecule has 0 bridgehead atoms. The van der Waals surface area contributed by atoms with E-state index in [1.54, 1.807) is 4.57 Å². The summed E-state index contributed by atoms with van der Waals surface area (Å²) < 4.78 is 7.39. The molecule has 4 rings (SSSR count). The highest BCUT2D eigenvalue weighted by atomic mass is 32.1. The van der Waals surface area contributed by atoms with Crippen LogP contribution in [-0.2, 0) is 6.54 Å². The number of hydrogen-bond acceptors (Lipinski definition) is 5. The molecular formula is C24H22N2O4S. The number of aromatic nitrogens is 2. The Morgan fingerprint density at radius 2 is 1.87 bits per heavy atom. The molecule has 4 aromatic rings. The van der Waals surface area contributed by atoms with Crippen LogP contribution in [-0.4, -0.2) is 27.2 Å². The van der Waals surface area contributed by atoms with Crippen LogP contribution in [0.2, 0.25) is 0 Å². The largest absolute Gasteiger partial charge is 0.494 e. The monoisotopic (exact) mass is 434 g/mol. The molecule has 0 aliphatic carbocycles. The van der Waals surface area contributed by atoms with E-state index in [1.807, 2.05) is 62.4 Å².